The number of allylic oxidation sites excluding steroid dienone is 1. The number of rotatable bonds is 3. The van der Waals surface area contributed by atoms with Gasteiger partial charge in [0.05, 0.1) is 0 Å². The zero-order chi connectivity index (χ0) is 18.3. The fraction of sp³-hybridized carbons (Fsp3) is 0.304. The normalized spacial score (nSPS) is 21.2. The summed E-state index contributed by atoms with van der Waals surface area (Å²) in [5, 5.41) is 9.79. The molecule has 134 valence electrons. The fourth-order valence-electron chi connectivity index (χ4n) is 4.04. The van der Waals surface area contributed by atoms with Crippen LogP contribution >= 0.6 is 0 Å². The van der Waals surface area contributed by atoms with E-state index in [4.69, 9.17) is 0 Å². The number of aliphatic hydroxyl groups excluding tert-OH is 1. The van der Waals surface area contributed by atoms with E-state index in [1.807, 2.05) is 19.1 Å². The van der Waals surface area contributed by atoms with Crippen molar-refractivity contribution < 1.29 is 9.50 Å². The molecule has 1 aliphatic heterocycles. The van der Waals surface area contributed by atoms with E-state index in [1.54, 1.807) is 0 Å². The smallest absolute Gasteiger partial charge is 0.123 e. The highest BCUT2D eigenvalue weighted by molar-refractivity contribution is 5.86. The van der Waals surface area contributed by atoms with Crippen LogP contribution in [0.5, 0.6) is 0 Å². The third-order valence-corrected chi connectivity index (χ3v) is 5.52. The van der Waals surface area contributed by atoms with Crippen LogP contribution in [0.2, 0.25) is 0 Å². The number of nitrogens with zero attached hydrogens (tertiary/aromatic N) is 1. The maximum Gasteiger partial charge on any atom is 0.123 e. The Morgan fingerprint density at radius 2 is 1.92 bits per heavy atom. The molecule has 26 heavy (non-hydrogen) atoms. The Bertz CT molecular complexity index is 880. The summed E-state index contributed by atoms with van der Waals surface area (Å²) >= 11 is 0. The molecule has 2 aliphatic rings. The summed E-state index contributed by atoms with van der Waals surface area (Å²) in [6, 6.07) is 13.4. The monoisotopic (exact) mass is 349 g/mol. The molecule has 0 bridgehead atoms. The minimum atomic E-state index is -0.406. The largest absolute Gasteiger partial charge is 0.379 e. The van der Waals surface area contributed by atoms with E-state index < -0.39 is 6.23 Å². The number of fused-ring (bicyclic) bond motifs is 1. The number of hydrogen-bond acceptors (Lipinski definition) is 2. The molecule has 2 nitrogen and oxygen atoms in total. The van der Waals surface area contributed by atoms with Gasteiger partial charge in [-0.05, 0) is 54.7 Å². The highest BCUT2D eigenvalue weighted by atomic mass is 19.1. The quantitative estimate of drug-likeness (QED) is 0.817. The second-order valence-electron chi connectivity index (χ2n) is 7.31. The van der Waals surface area contributed by atoms with E-state index in [2.05, 4.69) is 42.2 Å². The van der Waals surface area contributed by atoms with Gasteiger partial charge in [-0.3, -0.25) is 4.90 Å². The van der Waals surface area contributed by atoms with E-state index in [9.17, 15) is 9.50 Å². The van der Waals surface area contributed by atoms with Crippen molar-refractivity contribution in [3.8, 4) is 0 Å². The van der Waals surface area contributed by atoms with Crippen LogP contribution in [0.3, 0.4) is 0 Å². The Morgan fingerprint density at radius 3 is 2.58 bits per heavy atom. The van der Waals surface area contributed by atoms with Crippen molar-refractivity contribution >= 4 is 5.57 Å². The van der Waals surface area contributed by atoms with Gasteiger partial charge in [-0.2, -0.15) is 0 Å². The molecule has 2 aromatic carbocycles. The van der Waals surface area contributed by atoms with Gasteiger partial charge in [0.15, 0.2) is 0 Å². The summed E-state index contributed by atoms with van der Waals surface area (Å²) in [6.45, 7) is 5.60. The molecule has 0 saturated heterocycles. The molecule has 0 amide bonds. The maximum atomic E-state index is 13.3. The molecule has 1 heterocycles. The van der Waals surface area contributed by atoms with Gasteiger partial charge in [0.25, 0.3) is 0 Å². The average molecular weight is 349 g/mol. The van der Waals surface area contributed by atoms with Crippen molar-refractivity contribution in [3.63, 3.8) is 0 Å². The van der Waals surface area contributed by atoms with Crippen molar-refractivity contribution in [2.24, 2.45) is 0 Å². The van der Waals surface area contributed by atoms with Gasteiger partial charge in [0.2, 0.25) is 0 Å². The molecule has 0 saturated carbocycles. The van der Waals surface area contributed by atoms with Crippen LogP contribution < -0.4 is 0 Å². The van der Waals surface area contributed by atoms with Gasteiger partial charge in [-0.1, -0.05) is 53.6 Å². The predicted octanol–water partition coefficient (Wildman–Crippen LogP) is 4.63. The third kappa shape index (κ3) is 3.13. The first-order chi connectivity index (χ1) is 12.5. The number of aryl methyl sites for hydroxylation is 1. The molecule has 2 unspecified atom stereocenters. The molecule has 1 aliphatic carbocycles. The molecule has 2 atom stereocenters. The van der Waals surface area contributed by atoms with E-state index in [-0.39, 0.29) is 11.7 Å². The molecule has 3 heteroatoms. The summed E-state index contributed by atoms with van der Waals surface area (Å²) in [4.78, 5) is 2.07. The van der Waals surface area contributed by atoms with Gasteiger partial charge in [0.1, 0.15) is 12.0 Å². The van der Waals surface area contributed by atoms with Crippen molar-refractivity contribution in [1.29, 1.82) is 0 Å². The van der Waals surface area contributed by atoms with Crippen LogP contribution in [0, 0.1) is 12.7 Å². The Morgan fingerprint density at radius 1 is 1.15 bits per heavy atom. The Balaban J connectivity index is 1.73. The van der Waals surface area contributed by atoms with Crippen LogP contribution in [0.25, 0.3) is 5.57 Å². The summed E-state index contributed by atoms with van der Waals surface area (Å²) in [5.41, 5.74) is 7.48. The number of benzene rings is 2. The number of halogens is 1. The lowest BCUT2D eigenvalue weighted by atomic mass is 9.88. The van der Waals surface area contributed by atoms with E-state index >= 15 is 0 Å². The van der Waals surface area contributed by atoms with Crippen molar-refractivity contribution in [1.82, 2.24) is 4.90 Å². The van der Waals surface area contributed by atoms with Crippen LogP contribution in [-0.2, 0) is 0 Å². The first kappa shape index (κ1) is 17.2. The number of hydrogen-bond donors (Lipinski definition) is 1. The average Bonchev–Trinajstić information content (AvgIpc) is 3.01. The molecule has 1 N–H and O–H groups in total. The number of aliphatic hydroxyl groups is 1. The maximum absolute atomic E-state index is 13.3. The zero-order valence-corrected chi connectivity index (χ0v) is 15.2. The SMILES string of the molecule is Cc1ccc2c(c1)C(C1=CCN(C(C)O)CC1)C=C2c1ccc(F)cc1. The molecular weight excluding hydrogens is 325 g/mol. The molecule has 0 spiro atoms. The second kappa shape index (κ2) is 6.82. The first-order valence-electron chi connectivity index (χ1n) is 9.22. The predicted molar refractivity (Wildman–Crippen MR) is 103 cm³/mol. The molecule has 0 aromatic heterocycles. The van der Waals surface area contributed by atoms with Crippen LogP contribution in [0.4, 0.5) is 4.39 Å². The summed E-state index contributed by atoms with van der Waals surface area (Å²) in [7, 11) is 0. The van der Waals surface area contributed by atoms with Crippen LogP contribution in [-0.4, -0.2) is 29.3 Å². The highest BCUT2D eigenvalue weighted by Gasteiger charge is 2.28. The van der Waals surface area contributed by atoms with E-state index in [0.29, 0.717) is 0 Å². The minimum absolute atomic E-state index is 0.207. The van der Waals surface area contributed by atoms with E-state index in [1.165, 1.54) is 40.0 Å². The van der Waals surface area contributed by atoms with Crippen molar-refractivity contribution in [2.75, 3.05) is 13.1 Å². The third-order valence-electron chi connectivity index (χ3n) is 5.52. The van der Waals surface area contributed by atoms with Gasteiger partial charge >= 0.3 is 0 Å². The molecule has 2 aromatic rings. The lowest BCUT2D eigenvalue weighted by molar-refractivity contribution is 0.0246. The van der Waals surface area contributed by atoms with Gasteiger partial charge < -0.3 is 5.11 Å². The van der Waals surface area contributed by atoms with Gasteiger partial charge in [-0.15, -0.1) is 0 Å². The second-order valence-corrected chi connectivity index (χ2v) is 7.31. The topological polar surface area (TPSA) is 23.5 Å². The fourth-order valence-corrected chi connectivity index (χ4v) is 4.04. The first-order valence-corrected chi connectivity index (χ1v) is 9.22. The van der Waals surface area contributed by atoms with Crippen LogP contribution in [0.15, 0.2) is 60.2 Å². The Labute approximate surface area is 154 Å². The Kier molecular flexibility index (Phi) is 4.51. The summed E-state index contributed by atoms with van der Waals surface area (Å²) < 4.78 is 13.3. The van der Waals surface area contributed by atoms with Crippen molar-refractivity contribution in [2.45, 2.75) is 32.4 Å². The molecular formula is C23H24FNO. The summed E-state index contributed by atoms with van der Waals surface area (Å²) in [5.74, 6) is 0.0577. The lowest BCUT2D eigenvalue weighted by Gasteiger charge is -2.30. The van der Waals surface area contributed by atoms with Crippen molar-refractivity contribution in [3.05, 3.63) is 88.3 Å². The Hall–Kier alpha value is -2.23. The lowest BCUT2D eigenvalue weighted by Crippen LogP contribution is -2.36. The van der Waals surface area contributed by atoms with Gasteiger partial charge in [-0.25, -0.2) is 4.39 Å². The van der Waals surface area contributed by atoms with E-state index in [0.717, 1.165) is 25.1 Å². The van der Waals surface area contributed by atoms with Crippen LogP contribution in [0.1, 0.15) is 41.5 Å². The minimum Gasteiger partial charge on any atom is -0.379 e. The molecule has 0 fully saturated rings. The molecule has 0 radical (unpaired) electrons. The highest BCUT2D eigenvalue weighted by Crippen LogP contribution is 2.44. The summed E-state index contributed by atoms with van der Waals surface area (Å²) in [6.07, 6.45) is 5.13. The van der Waals surface area contributed by atoms with Gasteiger partial charge in [0, 0.05) is 19.0 Å². The zero-order valence-electron chi connectivity index (χ0n) is 15.2. The standard InChI is InChI=1S/C23H24FNO/c1-15-3-8-20-21(17-4-6-19(24)7-5-17)14-22(23(20)13-15)18-9-11-25(12-10-18)16(2)26/h3-9,13-14,16,22,26H,10-12H2,1-2H3. The molecule has 4 rings (SSSR count).